The second-order valence-corrected chi connectivity index (χ2v) is 8.22. The van der Waals surface area contributed by atoms with E-state index < -0.39 is 5.91 Å². The number of nitrogens with one attached hydrogen (secondary N) is 1. The Kier molecular flexibility index (Phi) is 8.73. The summed E-state index contributed by atoms with van der Waals surface area (Å²) in [4.78, 5) is 25.6. The maximum absolute atomic E-state index is 12.3. The maximum Gasteiger partial charge on any atom is 0.230 e. The molecule has 170 valence electrons. The first kappa shape index (κ1) is 23.4. The molecule has 0 spiro atoms. The molecule has 0 bridgehead atoms. The Bertz CT molecular complexity index is 991. The van der Waals surface area contributed by atoms with Gasteiger partial charge in [0.15, 0.2) is 5.16 Å². The normalized spacial score (nSPS) is 10.8. The van der Waals surface area contributed by atoms with E-state index in [0.717, 1.165) is 24.4 Å². The van der Waals surface area contributed by atoms with E-state index in [9.17, 15) is 9.59 Å². The van der Waals surface area contributed by atoms with Crippen molar-refractivity contribution < 1.29 is 14.0 Å². The molecule has 0 atom stereocenters. The first-order valence-electron chi connectivity index (χ1n) is 10.4. The number of nitrogens with two attached hydrogens (primary N) is 1. The van der Waals surface area contributed by atoms with E-state index >= 15 is 0 Å². The van der Waals surface area contributed by atoms with Crippen molar-refractivity contribution in [3.05, 3.63) is 60.3 Å². The zero-order valence-corrected chi connectivity index (χ0v) is 18.9. The van der Waals surface area contributed by atoms with Crippen molar-refractivity contribution in [3.63, 3.8) is 0 Å². The van der Waals surface area contributed by atoms with Crippen LogP contribution in [0.2, 0.25) is 0 Å². The highest BCUT2D eigenvalue weighted by molar-refractivity contribution is 7.99. The molecule has 3 aromatic rings. The number of rotatable bonds is 13. The molecule has 32 heavy (non-hydrogen) atoms. The van der Waals surface area contributed by atoms with Crippen molar-refractivity contribution in [2.45, 2.75) is 31.0 Å². The number of carbonyl (C=O) groups excluding carboxylic acids is 2. The molecule has 3 N–H and O–H groups in total. The molecule has 10 heteroatoms. The number of aromatic nitrogens is 3. The highest BCUT2D eigenvalue weighted by Crippen LogP contribution is 2.20. The van der Waals surface area contributed by atoms with Gasteiger partial charge in [-0.25, -0.2) is 0 Å². The molecule has 0 aliphatic heterocycles. The summed E-state index contributed by atoms with van der Waals surface area (Å²) in [7, 11) is 2.04. The van der Waals surface area contributed by atoms with Crippen molar-refractivity contribution in [2.24, 2.45) is 5.73 Å². The second-order valence-electron chi connectivity index (χ2n) is 7.28. The van der Waals surface area contributed by atoms with Crippen molar-refractivity contribution in [1.82, 2.24) is 20.1 Å². The highest BCUT2D eigenvalue weighted by atomic mass is 32.2. The van der Waals surface area contributed by atoms with Crippen LogP contribution in [0, 0.1) is 0 Å². The molecule has 2 aromatic heterocycles. The lowest BCUT2D eigenvalue weighted by Gasteiger charge is -2.19. The van der Waals surface area contributed by atoms with E-state index in [2.05, 4.69) is 32.5 Å². The van der Waals surface area contributed by atoms with E-state index in [-0.39, 0.29) is 18.1 Å². The topological polar surface area (TPSA) is 119 Å². The number of anilines is 1. The van der Waals surface area contributed by atoms with Crippen LogP contribution in [0.3, 0.4) is 0 Å². The lowest BCUT2D eigenvalue weighted by molar-refractivity contribution is -0.119. The van der Waals surface area contributed by atoms with Crippen molar-refractivity contribution in [3.8, 4) is 0 Å². The van der Waals surface area contributed by atoms with Gasteiger partial charge in [0.2, 0.25) is 11.8 Å². The fraction of sp³-hybridized carbons (Fsp3) is 0.364. The molecule has 1 aromatic carbocycles. The van der Waals surface area contributed by atoms with Gasteiger partial charge in [0.05, 0.1) is 18.6 Å². The zero-order valence-electron chi connectivity index (χ0n) is 18.1. The van der Waals surface area contributed by atoms with E-state index in [1.54, 1.807) is 12.3 Å². The number of primary amides is 1. The number of amides is 2. The van der Waals surface area contributed by atoms with Gasteiger partial charge in [0.25, 0.3) is 0 Å². The van der Waals surface area contributed by atoms with Gasteiger partial charge in [-0.05, 0) is 30.7 Å². The fourth-order valence-corrected chi connectivity index (χ4v) is 3.89. The number of benzene rings is 1. The predicted molar refractivity (Wildman–Crippen MR) is 123 cm³/mol. The quantitative estimate of drug-likeness (QED) is 0.298. The summed E-state index contributed by atoms with van der Waals surface area (Å²) in [5.41, 5.74) is 6.42. The highest BCUT2D eigenvalue weighted by Gasteiger charge is 2.16. The van der Waals surface area contributed by atoms with Gasteiger partial charge in [-0.2, -0.15) is 0 Å². The molecular formula is C22H28N6O3S. The number of aryl methyl sites for hydroxylation is 1. The van der Waals surface area contributed by atoms with Crippen LogP contribution >= 0.6 is 11.8 Å². The van der Waals surface area contributed by atoms with Crippen molar-refractivity contribution in [2.75, 3.05) is 30.8 Å². The van der Waals surface area contributed by atoms with Crippen LogP contribution in [0.15, 0.2) is 58.3 Å². The molecule has 9 nitrogen and oxygen atoms in total. The minimum Gasteiger partial charge on any atom is -0.467 e. The first-order chi connectivity index (χ1) is 15.5. The molecule has 3 rings (SSSR count). The van der Waals surface area contributed by atoms with E-state index in [4.69, 9.17) is 10.2 Å². The summed E-state index contributed by atoms with van der Waals surface area (Å²) in [6.07, 6.45) is 3.00. The molecule has 2 amide bonds. The summed E-state index contributed by atoms with van der Waals surface area (Å²) in [5.74, 6) is 1.12. The Hall–Kier alpha value is -3.27. The maximum atomic E-state index is 12.3. The van der Waals surface area contributed by atoms with Crippen molar-refractivity contribution >= 4 is 29.3 Å². The molecule has 0 saturated carbocycles. The zero-order chi connectivity index (χ0) is 22.8. The standard InChI is InChI=1S/C22H28N6O3S/c1-27(17-7-3-2-4-8-17)13-6-12-24-21(30)16-32-22-26-25-20(11-10-19(23)29)28(22)15-18-9-5-14-31-18/h2-5,7-9,14H,6,10-13,15-16H2,1H3,(H2,23,29)(H,24,30). The number of furan rings is 1. The molecular weight excluding hydrogens is 428 g/mol. The summed E-state index contributed by atoms with van der Waals surface area (Å²) in [5, 5.41) is 11.9. The predicted octanol–water partition coefficient (Wildman–Crippen LogP) is 2.07. The van der Waals surface area contributed by atoms with Crippen molar-refractivity contribution in [1.29, 1.82) is 0 Å². The summed E-state index contributed by atoms with van der Waals surface area (Å²) in [6.45, 7) is 1.86. The van der Waals surface area contributed by atoms with Gasteiger partial charge in [-0.15, -0.1) is 10.2 Å². The Balaban J connectivity index is 1.47. The van der Waals surface area contributed by atoms with Crippen LogP contribution in [0.4, 0.5) is 5.69 Å². The monoisotopic (exact) mass is 456 g/mol. The van der Waals surface area contributed by atoms with Crippen LogP contribution in [-0.2, 0) is 22.6 Å². The van der Waals surface area contributed by atoms with Gasteiger partial charge in [-0.1, -0.05) is 30.0 Å². The van der Waals surface area contributed by atoms with Gasteiger partial charge in [0, 0.05) is 38.7 Å². The van der Waals surface area contributed by atoms with Gasteiger partial charge in [-0.3, -0.25) is 14.2 Å². The first-order valence-corrected chi connectivity index (χ1v) is 11.4. The Morgan fingerprint density at radius 3 is 2.72 bits per heavy atom. The van der Waals surface area contributed by atoms with E-state index in [1.807, 2.05) is 35.9 Å². The molecule has 0 fully saturated rings. The number of carbonyl (C=O) groups is 2. The van der Waals surface area contributed by atoms with Crippen LogP contribution in [-0.4, -0.2) is 52.5 Å². The Labute approximate surface area is 191 Å². The molecule has 0 unspecified atom stereocenters. The van der Waals surface area contributed by atoms with Gasteiger partial charge < -0.3 is 20.4 Å². The van der Waals surface area contributed by atoms with E-state index in [0.29, 0.717) is 30.5 Å². The Morgan fingerprint density at radius 1 is 1.19 bits per heavy atom. The van der Waals surface area contributed by atoms with Crippen LogP contribution in [0.5, 0.6) is 0 Å². The minimum absolute atomic E-state index is 0.0661. The molecule has 0 aliphatic carbocycles. The largest absolute Gasteiger partial charge is 0.467 e. The Morgan fingerprint density at radius 2 is 2.00 bits per heavy atom. The van der Waals surface area contributed by atoms with Crippen LogP contribution in [0.1, 0.15) is 24.4 Å². The SMILES string of the molecule is CN(CCCNC(=O)CSc1nnc(CCC(N)=O)n1Cc1ccco1)c1ccccc1. The summed E-state index contributed by atoms with van der Waals surface area (Å²) in [6, 6.07) is 13.8. The van der Waals surface area contributed by atoms with Crippen LogP contribution in [0.25, 0.3) is 0 Å². The number of thioether (sulfide) groups is 1. The summed E-state index contributed by atoms with van der Waals surface area (Å²) < 4.78 is 7.28. The molecule has 0 saturated heterocycles. The average molecular weight is 457 g/mol. The minimum atomic E-state index is -0.399. The van der Waals surface area contributed by atoms with Gasteiger partial charge in [0.1, 0.15) is 11.6 Å². The number of nitrogens with zero attached hydrogens (tertiary/aromatic N) is 4. The third kappa shape index (κ3) is 7.16. The lowest BCUT2D eigenvalue weighted by Crippen LogP contribution is -2.29. The van der Waals surface area contributed by atoms with Crippen LogP contribution < -0.4 is 16.0 Å². The van der Waals surface area contributed by atoms with E-state index in [1.165, 1.54) is 11.8 Å². The molecule has 2 heterocycles. The number of hydrogen-bond donors (Lipinski definition) is 2. The van der Waals surface area contributed by atoms with Gasteiger partial charge >= 0.3 is 0 Å². The third-order valence-electron chi connectivity index (χ3n) is 4.80. The lowest BCUT2D eigenvalue weighted by atomic mass is 10.3. The fourth-order valence-electron chi connectivity index (χ4n) is 3.10. The molecule has 0 aliphatic rings. The average Bonchev–Trinajstić information content (AvgIpc) is 3.44. The smallest absolute Gasteiger partial charge is 0.230 e. The number of hydrogen-bond acceptors (Lipinski definition) is 7. The second kappa shape index (κ2) is 11.9. The summed E-state index contributed by atoms with van der Waals surface area (Å²) >= 11 is 1.30. The molecule has 0 radical (unpaired) electrons. The third-order valence-corrected chi connectivity index (χ3v) is 5.77. The number of para-hydroxylation sites is 1.